The minimum atomic E-state index is -0.936. The maximum Gasteiger partial charge on any atom is 0.334 e. The summed E-state index contributed by atoms with van der Waals surface area (Å²) in [7, 11) is 0. The number of rotatable bonds is 4. The van der Waals surface area contributed by atoms with E-state index in [9.17, 15) is 9.59 Å². The van der Waals surface area contributed by atoms with Crippen molar-refractivity contribution in [2.45, 2.75) is 12.3 Å². The SMILES string of the molecule is Cc1cc(OC(=O)C(Cl)c2ccccc2)cc2c1C(=O)/C(=C/c1cccc(Br)c1)O2. The van der Waals surface area contributed by atoms with Gasteiger partial charge < -0.3 is 9.47 Å². The lowest BCUT2D eigenvalue weighted by Crippen LogP contribution is -2.14. The zero-order valence-corrected chi connectivity index (χ0v) is 18.2. The maximum atomic E-state index is 12.8. The number of Topliss-reactive ketones (excluding diaryl/α,β-unsaturated/α-hetero) is 1. The second-order valence-corrected chi connectivity index (χ2v) is 8.15. The van der Waals surface area contributed by atoms with E-state index >= 15 is 0 Å². The summed E-state index contributed by atoms with van der Waals surface area (Å²) in [6.45, 7) is 1.77. The first-order valence-electron chi connectivity index (χ1n) is 9.17. The van der Waals surface area contributed by atoms with Crippen LogP contribution in [0.15, 0.2) is 77.0 Å². The van der Waals surface area contributed by atoms with Crippen molar-refractivity contribution >= 4 is 45.4 Å². The van der Waals surface area contributed by atoms with Gasteiger partial charge in [-0.2, -0.15) is 0 Å². The smallest absolute Gasteiger partial charge is 0.334 e. The maximum absolute atomic E-state index is 12.8. The molecule has 0 fully saturated rings. The number of benzene rings is 3. The summed E-state index contributed by atoms with van der Waals surface area (Å²) in [4.78, 5) is 25.2. The Kier molecular flexibility index (Phi) is 5.75. The third-order valence-corrected chi connectivity index (χ3v) is 5.53. The van der Waals surface area contributed by atoms with Crippen LogP contribution in [-0.2, 0) is 4.79 Å². The number of hydrogen-bond donors (Lipinski definition) is 0. The molecule has 0 saturated heterocycles. The first-order valence-corrected chi connectivity index (χ1v) is 10.4. The monoisotopic (exact) mass is 482 g/mol. The number of ketones is 1. The van der Waals surface area contributed by atoms with Gasteiger partial charge in [-0.1, -0.05) is 58.4 Å². The van der Waals surface area contributed by atoms with Gasteiger partial charge in [-0.25, -0.2) is 4.79 Å². The van der Waals surface area contributed by atoms with Gasteiger partial charge in [0.05, 0.1) is 5.56 Å². The van der Waals surface area contributed by atoms with Crippen LogP contribution in [0.1, 0.15) is 32.4 Å². The molecule has 1 unspecified atom stereocenters. The number of alkyl halides is 1. The van der Waals surface area contributed by atoms with Crippen molar-refractivity contribution in [2.24, 2.45) is 0 Å². The zero-order chi connectivity index (χ0) is 21.3. The molecular weight excluding hydrogens is 468 g/mol. The average molecular weight is 484 g/mol. The number of fused-ring (bicyclic) bond motifs is 1. The van der Waals surface area contributed by atoms with Gasteiger partial charge >= 0.3 is 5.97 Å². The molecule has 6 heteroatoms. The first-order chi connectivity index (χ1) is 14.4. The third-order valence-electron chi connectivity index (χ3n) is 4.61. The van der Waals surface area contributed by atoms with Crippen molar-refractivity contribution in [1.82, 2.24) is 0 Å². The molecule has 0 amide bonds. The molecule has 0 aliphatic carbocycles. The molecule has 4 nitrogen and oxygen atoms in total. The number of esters is 1. The van der Waals surface area contributed by atoms with Crippen molar-refractivity contribution in [2.75, 3.05) is 0 Å². The highest BCUT2D eigenvalue weighted by Crippen LogP contribution is 2.38. The van der Waals surface area contributed by atoms with Crippen LogP contribution in [-0.4, -0.2) is 11.8 Å². The summed E-state index contributed by atoms with van der Waals surface area (Å²) in [6.07, 6.45) is 1.68. The van der Waals surface area contributed by atoms with Gasteiger partial charge in [-0.05, 0) is 47.9 Å². The highest BCUT2D eigenvalue weighted by atomic mass is 79.9. The Morgan fingerprint density at radius 3 is 2.60 bits per heavy atom. The molecule has 1 aliphatic rings. The second kappa shape index (κ2) is 8.46. The molecule has 0 N–H and O–H groups in total. The molecule has 3 aromatic rings. The second-order valence-electron chi connectivity index (χ2n) is 6.80. The number of hydrogen-bond acceptors (Lipinski definition) is 4. The number of aryl methyl sites for hydroxylation is 1. The minimum Gasteiger partial charge on any atom is -0.452 e. The molecule has 1 atom stereocenters. The van der Waals surface area contributed by atoms with Gasteiger partial charge in [0.2, 0.25) is 5.78 Å². The van der Waals surface area contributed by atoms with Crippen LogP contribution in [0.2, 0.25) is 0 Å². The highest BCUT2D eigenvalue weighted by Gasteiger charge is 2.30. The molecule has 0 aromatic heterocycles. The van der Waals surface area contributed by atoms with Crippen LogP contribution in [0.25, 0.3) is 6.08 Å². The molecule has 30 heavy (non-hydrogen) atoms. The first kappa shape index (κ1) is 20.4. The summed E-state index contributed by atoms with van der Waals surface area (Å²) >= 11 is 9.65. The van der Waals surface area contributed by atoms with Crippen LogP contribution in [0, 0.1) is 6.92 Å². The fourth-order valence-corrected chi connectivity index (χ4v) is 3.82. The van der Waals surface area contributed by atoms with Crippen molar-refractivity contribution < 1.29 is 19.1 Å². The molecule has 0 saturated carbocycles. The van der Waals surface area contributed by atoms with E-state index in [1.807, 2.05) is 30.3 Å². The molecule has 1 aliphatic heterocycles. The zero-order valence-electron chi connectivity index (χ0n) is 15.9. The Hall–Kier alpha value is -2.89. The summed E-state index contributed by atoms with van der Waals surface area (Å²) in [5, 5.41) is -0.936. The van der Waals surface area contributed by atoms with Gasteiger partial charge in [0, 0.05) is 10.5 Å². The lowest BCUT2D eigenvalue weighted by Gasteiger charge is -2.11. The molecule has 0 radical (unpaired) electrons. The summed E-state index contributed by atoms with van der Waals surface area (Å²) in [5.74, 6) is 0.0368. The topological polar surface area (TPSA) is 52.6 Å². The van der Waals surface area contributed by atoms with Crippen LogP contribution in [0.5, 0.6) is 11.5 Å². The van der Waals surface area contributed by atoms with E-state index in [1.165, 1.54) is 6.07 Å². The van der Waals surface area contributed by atoms with Gasteiger partial charge in [0.15, 0.2) is 11.1 Å². The Balaban J connectivity index is 1.57. The van der Waals surface area contributed by atoms with Crippen LogP contribution in [0.3, 0.4) is 0 Å². The highest BCUT2D eigenvalue weighted by molar-refractivity contribution is 9.10. The Morgan fingerprint density at radius 2 is 1.87 bits per heavy atom. The van der Waals surface area contributed by atoms with Crippen LogP contribution >= 0.6 is 27.5 Å². The molecule has 0 spiro atoms. The Morgan fingerprint density at radius 1 is 1.10 bits per heavy atom. The van der Waals surface area contributed by atoms with Crippen molar-refractivity contribution in [3.05, 3.63) is 99.2 Å². The number of ether oxygens (including phenoxy) is 2. The predicted molar refractivity (Wildman–Crippen MR) is 119 cm³/mol. The predicted octanol–water partition coefficient (Wildman–Crippen LogP) is 6.26. The molecule has 0 bridgehead atoms. The van der Waals surface area contributed by atoms with E-state index in [4.69, 9.17) is 21.1 Å². The molecular formula is C24H16BrClO4. The number of carbonyl (C=O) groups is 2. The van der Waals surface area contributed by atoms with E-state index in [0.717, 1.165) is 10.0 Å². The van der Waals surface area contributed by atoms with Gasteiger partial charge in [0.1, 0.15) is 11.5 Å². The lowest BCUT2D eigenvalue weighted by atomic mass is 10.0. The van der Waals surface area contributed by atoms with E-state index in [2.05, 4.69) is 15.9 Å². The van der Waals surface area contributed by atoms with E-state index in [0.29, 0.717) is 22.4 Å². The fourth-order valence-electron chi connectivity index (χ4n) is 3.21. The number of halogens is 2. The van der Waals surface area contributed by atoms with Gasteiger partial charge in [-0.3, -0.25) is 4.79 Å². The van der Waals surface area contributed by atoms with Crippen LogP contribution < -0.4 is 9.47 Å². The summed E-state index contributed by atoms with van der Waals surface area (Å²) in [6, 6.07) is 19.7. The van der Waals surface area contributed by atoms with Crippen molar-refractivity contribution in [3.63, 3.8) is 0 Å². The van der Waals surface area contributed by atoms with Gasteiger partial charge in [-0.15, -0.1) is 11.6 Å². The molecule has 1 heterocycles. The number of carbonyl (C=O) groups excluding carboxylic acids is 2. The minimum absolute atomic E-state index is 0.208. The van der Waals surface area contributed by atoms with Gasteiger partial charge in [0.25, 0.3) is 0 Å². The Bertz CT molecular complexity index is 1170. The normalized spacial score (nSPS) is 14.9. The largest absolute Gasteiger partial charge is 0.452 e. The van der Waals surface area contributed by atoms with Crippen molar-refractivity contribution in [1.29, 1.82) is 0 Å². The van der Waals surface area contributed by atoms with Crippen LogP contribution in [0.4, 0.5) is 0 Å². The summed E-state index contributed by atoms with van der Waals surface area (Å²) < 4.78 is 12.1. The average Bonchev–Trinajstić information content (AvgIpc) is 3.03. The van der Waals surface area contributed by atoms with Crippen molar-refractivity contribution in [3.8, 4) is 11.5 Å². The quantitative estimate of drug-likeness (QED) is 0.190. The molecule has 4 rings (SSSR count). The molecule has 150 valence electrons. The Labute approximate surface area is 187 Å². The lowest BCUT2D eigenvalue weighted by molar-refractivity contribution is -0.134. The molecule has 3 aromatic carbocycles. The summed E-state index contributed by atoms with van der Waals surface area (Å²) in [5.41, 5.74) is 2.59. The third kappa shape index (κ3) is 4.18. The van der Waals surface area contributed by atoms with E-state index < -0.39 is 11.3 Å². The van der Waals surface area contributed by atoms with E-state index in [1.54, 1.807) is 43.3 Å². The number of allylic oxidation sites excluding steroid dienone is 1. The standard InChI is InChI=1S/C24H16BrClO4/c1-14-10-18(29-24(28)22(26)16-7-3-2-4-8-16)13-19-21(14)23(27)20(30-19)12-15-6-5-9-17(25)11-15/h2-13,22H,1H3/b20-12-. The van der Waals surface area contributed by atoms with E-state index in [-0.39, 0.29) is 17.3 Å². The fraction of sp³-hybridized carbons (Fsp3) is 0.0833.